The second-order valence-electron chi connectivity index (χ2n) is 4.31. The van der Waals surface area contributed by atoms with Gasteiger partial charge in [-0.1, -0.05) is 12.8 Å². The van der Waals surface area contributed by atoms with Crippen LogP contribution in [0, 0.1) is 10.8 Å². The fourth-order valence-corrected chi connectivity index (χ4v) is 2.73. The number of esters is 2. The molecule has 0 radical (unpaired) electrons. The zero-order chi connectivity index (χ0) is 12.8. The van der Waals surface area contributed by atoms with Crippen LogP contribution in [0.5, 0.6) is 0 Å². The summed E-state index contributed by atoms with van der Waals surface area (Å²) >= 11 is 0. The molecule has 1 saturated carbocycles. The molecule has 7 nitrogen and oxygen atoms in total. The van der Waals surface area contributed by atoms with E-state index >= 15 is 0 Å². The van der Waals surface area contributed by atoms with Gasteiger partial charge in [-0.15, -0.1) is 0 Å². The van der Waals surface area contributed by atoms with Crippen molar-refractivity contribution in [3.8, 4) is 0 Å². The third kappa shape index (κ3) is 1.06. The van der Waals surface area contributed by atoms with Crippen LogP contribution in [0.15, 0.2) is 0 Å². The van der Waals surface area contributed by atoms with Crippen molar-refractivity contribution in [1.29, 1.82) is 0 Å². The Morgan fingerprint density at radius 1 is 1.00 bits per heavy atom. The first-order valence-electron chi connectivity index (χ1n) is 5.13. The van der Waals surface area contributed by atoms with Crippen LogP contribution in [0.2, 0.25) is 0 Å². The minimum absolute atomic E-state index is 0.0801. The van der Waals surface area contributed by atoms with E-state index in [2.05, 4.69) is 4.74 Å². The van der Waals surface area contributed by atoms with Gasteiger partial charge in [0.1, 0.15) is 0 Å². The summed E-state index contributed by atoms with van der Waals surface area (Å²) in [4.78, 5) is 45.5. The first kappa shape index (κ1) is 11.6. The third-order valence-electron chi connectivity index (χ3n) is 3.69. The molecule has 92 valence electrons. The van der Waals surface area contributed by atoms with Gasteiger partial charge in [-0.05, 0) is 12.8 Å². The van der Waals surface area contributed by atoms with E-state index in [1.54, 1.807) is 0 Å². The van der Waals surface area contributed by atoms with Gasteiger partial charge in [-0.25, -0.2) is 0 Å². The molecule has 2 aliphatic rings. The van der Waals surface area contributed by atoms with Crippen molar-refractivity contribution < 1.29 is 34.1 Å². The van der Waals surface area contributed by atoms with Crippen molar-refractivity contribution in [2.75, 3.05) is 0 Å². The van der Waals surface area contributed by atoms with Gasteiger partial charge in [0, 0.05) is 0 Å². The van der Waals surface area contributed by atoms with Crippen LogP contribution in [0.1, 0.15) is 25.7 Å². The lowest BCUT2D eigenvalue weighted by atomic mass is 9.53. The topological polar surface area (TPSA) is 118 Å². The molecule has 0 amide bonds. The van der Waals surface area contributed by atoms with Crippen LogP contribution >= 0.6 is 0 Å². The molecular formula is C10H10O7. The second kappa shape index (κ2) is 3.28. The summed E-state index contributed by atoms with van der Waals surface area (Å²) in [5.74, 6) is -5.39. The number of aliphatic carboxylic acids is 2. The molecule has 0 atom stereocenters. The van der Waals surface area contributed by atoms with Gasteiger partial charge in [0.25, 0.3) is 0 Å². The first-order chi connectivity index (χ1) is 7.89. The molecule has 1 heterocycles. The molecule has 1 spiro atoms. The van der Waals surface area contributed by atoms with Gasteiger partial charge < -0.3 is 14.9 Å². The number of carboxylic acids is 2. The number of cyclic esters (lactones) is 2. The monoisotopic (exact) mass is 242 g/mol. The number of ether oxygens (including phenoxy) is 1. The van der Waals surface area contributed by atoms with E-state index in [1.165, 1.54) is 0 Å². The average molecular weight is 242 g/mol. The molecule has 0 bridgehead atoms. The zero-order valence-corrected chi connectivity index (χ0v) is 8.76. The predicted octanol–water partition coefficient (Wildman–Crippen LogP) is -0.214. The fourth-order valence-electron chi connectivity index (χ4n) is 2.73. The molecule has 1 saturated heterocycles. The highest BCUT2D eigenvalue weighted by atomic mass is 16.6. The molecule has 1 aliphatic heterocycles. The Bertz CT molecular complexity index is 408. The molecule has 0 aromatic heterocycles. The van der Waals surface area contributed by atoms with E-state index in [-0.39, 0.29) is 12.8 Å². The average Bonchev–Trinajstić information content (AvgIpc) is 2.28. The molecule has 0 aromatic carbocycles. The molecule has 2 N–H and O–H groups in total. The van der Waals surface area contributed by atoms with Crippen LogP contribution in [-0.2, 0) is 23.9 Å². The second-order valence-corrected chi connectivity index (χ2v) is 4.31. The van der Waals surface area contributed by atoms with Gasteiger partial charge in [0.15, 0.2) is 10.8 Å². The highest BCUT2D eigenvalue weighted by Crippen LogP contribution is 2.56. The largest absolute Gasteiger partial charge is 0.480 e. The van der Waals surface area contributed by atoms with Gasteiger partial charge in [0.05, 0.1) is 0 Å². The zero-order valence-electron chi connectivity index (χ0n) is 8.76. The number of hydrogen-bond acceptors (Lipinski definition) is 5. The summed E-state index contributed by atoms with van der Waals surface area (Å²) in [6.07, 6.45) is 0.464. The number of carbonyl (C=O) groups is 4. The van der Waals surface area contributed by atoms with Crippen LogP contribution < -0.4 is 0 Å². The fraction of sp³-hybridized carbons (Fsp3) is 0.600. The number of rotatable bonds is 2. The van der Waals surface area contributed by atoms with Crippen molar-refractivity contribution in [2.24, 2.45) is 10.8 Å². The van der Waals surface area contributed by atoms with Gasteiger partial charge in [0.2, 0.25) is 0 Å². The van der Waals surface area contributed by atoms with Crippen LogP contribution in [0.25, 0.3) is 0 Å². The van der Waals surface area contributed by atoms with Crippen LogP contribution in [0.4, 0.5) is 0 Å². The number of hydrogen-bond donors (Lipinski definition) is 2. The Kier molecular flexibility index (Phi) is 2.23. The predicted molar refractivity (Wildman–Crippen MR) is 49.7 cm³/mol. The summed E-state index contributed by atoms with van der Waals surface area (Å²) in [5.41, 5.74) is -4.40. The smallest absolute Gasteiger partial charge is 0.333 e. The van der Waals surface area contributed by atoms with Gasteiger partial charge in [-0.3, -0.25) is 19.2 Å². The lowest BCUT2D eigenvalue weighted by Crippen LogP contribution is -2.69. The summed E-state index contributed by atoms with van der Waals surface area (Å²) in [7, 11) is 0. The summed E-state index contributed by atoms with van der Waals surface area (Å²) in [6, 6.07) is 0. The van der Waals surface area contributed by atoms with E-state index in [0.717, 1.165) is 0 Å². The highest BCUT2D eigenvalue weighted by molar-refractivity contribution is 6.22. The molecule has 2 rings (SSSR count). The van der Waals surface area contributed by atoms with Crippen molar-refractivity contribution in [1.82, 2.24) is 0 Å². The summed E-state index contributed by atoms with van der Waals surface area (Å²) in [5, 5.41) is 18.3. The first-order valence-corrected chi connectivity index (χ1v) is 5.13. The Morgan fingerprint density at radius 2 is 1.47 bits per heavy atom. The SMILES string of the molecule is O=C(O)C1(C(=O)O)CCCCC12C(=O)OC2=O. The standard InChI is InChI=1S/C10H10O7/c11-5(12)9(6(13)14)3-1-2-4-10(9)7(15)17-8(10)16/h1-4H2,(H,11,12)(H,13,14). The lowest BCUT2D eigenvalue weighted by Gasteiger charge is -2.48. The summed E-state index contributed by atoms with van der Waals surface area (Å²) in [6.45, 7) is 0. The lowest BCUT2D eigenvalue weighted by molar-refractivity contribution is -0.223. The Hall–Kier alpha value is -1.92. The maximum atomic E-state index is 11.5. The van der Waals surface area contributed by atoms with E-state index in [4.69, 9.17) is 10.2 Å². The minimum Gasteiger partial charge on any atom is -0.480 e. The summed E-state index contributed by atoms with van der Waals surface area (Å²) < 4.78 is 4.18. The Balaban J connectivity index is 2.62. The van der Waals surface area contributed by atoms with E-state index < -0.39 is 34.7 Å². The Labute approximate surface area is 95.4 Å². The molecule has 17 heavy (non-hydrogen) atoms. The van der Waals surface area contributed by atoms with Crippen molar-refractivity contribution >= 4 is 23.9 Å². The van der Waals surface area contributed by atoms with E-state index in [1.807, 2.05) is 0 Å². The van der Waals surface area contributed by atoms with Crippen LogP contribution in [0.3, 0.4) is 0 Å². The van der Waals surface area contributed by atoms with Crippen LogP contribution in [-0.4, -0.2) is 34.1 Å². The maximum Gasteiger partial charge on any atom is 0.333 e. The minimum atomic E-state index is -2.38. The van der Waals surface area contributed by atoms with Crippen molar-refractivity contribution in [3.63, 3.8) is 0 Å². The number of carbonyl (C=O) groups excluding carboxylic acids is 2. The molecule has 1 aliphatic carbocycles. The molecule has 0 unspecified atom stereocenters. The van der Waals surface area contributed by atoms with E-state index in [0.29, 0.717) is 12.8 Å². The van der Waals surface area contributed by atoms with Crippen molar-refractivity contribution in [2.45, 2.75) is 25.7 Å². The third-order valence-corrected chi connectivity index (χ3v) is 3.69. The molecule has 2 fully saturated rings. The molecular weight excluding hydrogens is 232 g/mol. The van der Waals surface area contributed by atoms with Gasteiger partial charge >= 0.3 is 23.9 Å². The van der Waals surface area contributed by atoms with Crippen molar-refractivity contribution in [3.05, 3.63) is 0 Å². The highest BCUT2D eigenvalue weighted by Gasteiger charge is 2.77. The van der Waals surface area contributed by atoms with Gasteiger partial charge in [-0.2, -0.15) is 0 Å². The Morgan fingerprint density at radius 3 is 1.82 bits per heavy atom. The number of carboxylic acid groups (broad SMARTS) is 2. The molecule has 0 aromatic rings. The maximum absolute atomic E-state index is 11.5. The molecule has 7 heteroatoms. The normalized spacial score (nSPS) is 24.9. The quantitative estimate of drug-likeness (QED) is 0.507. The van der Waals surface area contributed by atoms with E-state index in [9.17, 15) is 19.2 Å².